The van der Waals surface area contributed by atoms with Crippen molar-refractivity contribution in [1.82, 2.24) is 4.98 Å². The quantitative estimate of drug-likeness (QED) is 0.808. The van der Waals surface area contributed by atoms with Gasteiger partial charge in [-0.3, -0.25) is 0 Å². The topological polar surface area (TPSA) is 36.7 Å². The fourth-order valence-corrected chi connectivity index (χ4v) is 3.73. The molecule has 0 N–H and O–H groups in total. The van der Waals surface area contributed by atoms with Gasteiger partial charge < -0.3 is 0 Å². The van der Waals surface area contributed by atoms with Crippen molar-refractivity contribution in [1.29, 1.82) is 5.26 Å². The Hall–Kier alpha value is -1.53. The highest BCUT2D eigenvalue weighted by molar-refractivity contribution is 7.99. The fraction of sp³-hybridized carbons (Fsp3) is 0.333. The van der Waals surface area contributed by atoms with Crippen LogP contribution < -0.4 is 0 Å². The summed E-state index contributed by atoms with van der Waals surface area (Å²) in [5, 5.41) is 11.9. The van der Waals surface area contributed by atoms with Crippen molar-refractivity contribution < 1.29 is 0 Å². The van der Waals surface area contributed by atoms with Gasteiger partial charge in [0.15, 0.2) is 0 Å². The van der Waals surface area contributed by atoms with Crippen LogP contribution in [0, 0.1) is 11.3 Å². The lowest BCUT2D eigenvalue weighted by Crippen LogP contribution is -1.96. The summed E-state index contributed by atoms with van der Waals surface area (Å²) in [5.41, 5.74) is 1.66. The SMILES string of the molecule is N#Cc1cc(SC2CCCC2)nc2ccccc12. The third kappa shape index (κ3) is 2.21. The van der Waals surface area contributed by atoms with E-state index in [0.717, 1.165) is 21.5 Å². The van der Waals surface area contributed by atoms with E-state index in [-0.39, 0.29) is 0 Å². The average Bonchev–Trinajstić information content (AvgIpc) is 2.90. The predicted octanol–water partition coefficient (Wildman–Crippen LogP) is 4.14. The van der Waals surface area contributed by atoms with E-state index in [0.29, 0.717) is 5.25 Å². The molecular weight excluding hydrogens is 240 g/mol. The molecule has 0 bridgehead atoms. The van der Waals surface area contributed by atoms with E-state index in [1.165, 1.54) is 25.7 Å². The lowest BCUT2D eigenvalue weighted by molar-refractivity contribution is 0.886. The minimum absolute atomic E-state index is 0.685. The van der Waals surface area contributed by atoms with Gasteiger partial charge in [-0.2, -0.15) is 5.26 Å². The fourth-order valence-electron chi connectivity index (χ4n) is 2.48. The van der Waals surface area contributed by atoms with Crippen LogP contribution in [0.15, 0.2) is 35.4 Å². The van der Waals surface area contributed by atoms with Gasteiger partial charge in [0, 0.05) is 10.6 Å². The van der Waals surface area contributed by atoms with Crippen molar-refractivity contribution in [3.63, 3.8) is 0 Å². The van der Waals surface area contributed by atoms with Gasteiger partial charge in [0.25, 0.3) is 0 Å². The number of nitriles is 1. The molecule has 0 spiro atoms. The summed E-state index contributed by atoms with van der Waals surface area (Å²) in [4.78, 5) is 4.66. The number of hydrogen-bond acceptors (Lipinski definition) is 3. The van der Waals surface area contributed by atoms with Crippen molar-refractivity contribution >= 4 is 22.7 Å². The molecule has 0 atom stereocenters. The molecule has 0 unspecified atom stereocenters. The Balaban J connectivity index is 2.00. The molecule has 1 saturated carbocycles. The van der Waals surface area contributed by atoms with Crippen LogP contribution >= 0.6 is 11.8 Å². The molecule has 2 aromatic rings. The molecule has 90 valence electrons. The number of rotatable bonds is 2. The van der Waals surface area contributed by atoms with Crippen molar-refractivity contribution in [3.8, 4) is 6.07 Å². The summed E-state index contributed by atoms with van der Waals surface area (Å²) in [6.07, 6.45) is 5.22. The Morgan fingerprint density at radius 1 is 1.22 bits per heavy atom. The van der Waals surface area contributed by atoms with Gasteiger partial charge in [-0.25, -0.2) is 4.98 Å². The zero-order valence-electron chi connectivity index (χ0n) is 10.1. The first-order chi connectivity index (χ1) is 8.86. The highest BCUT2D eigenvalue weighted by atomic mass is 32.2. The molecule has 0 amide bonds. The Morgan fingerprint density at radius 3 is 2.78 bits per heavy atom. The number of aromatic nitrogens is 1. The van der Waals surface area contributed by atoms with E-state index < -0.39 is 0 Å². The van der Waals surface area contributed by atoms with Crippen molar-refractivity contribution in [2.45, 2.75) is 36.0 Å². The van der Waals surface area contributed by atoms with E-state index in [9.17, 15) is 5.26 Å². The monoisotopic (exact) mass is 254 g/mol. The zero-order chi connectivity index (χ0) is 12.4. The van der Waals surface area contributed by atoms with E-state index in [4.69, 9.17) is 0 Å². The maximum atomic E-state index is 9.23. The standard InChI is InChI=1S/C15H14N2S/c16-10-11-9-15(18-12-5-1-2-6-12)17-14-8-4-3-7-13(11)14/h3-4,7-9,12H,1-2,5-6H2. The van der Waals surface area contributed by atoms with Crippen LogP contribution in [0.25, 0.3) is 10.9 Å². The number of para-hydroxylation sites is 1. The Morgan fingerprint density at radius 2 is 2.00 bits per heavy atom. The zero-order valence-corrected chi connectivity index (χ0v) is 10.9. The van der Waals surface area contributed by atoms with E-state index >= 15 is 0 Å². The van der Waals surface area contributed by atoms with Gasteiger partial charge in [-0.15, -0.1) is 11.8 Å². The molecule has 18 heavy (non-hydrogen) atoms. The molecule has 3 heteroatoms. The van der Waals surface area contributed by atoms with Gasteiger partial charge in [0.05, 0.1) is 22.2 Å². The van der Waals surface area contributed by atoms with Crippen LogP contribution in [-0.2, 0) is 0 Å². The minimum atomic E-state index is 0.685. The molecule has 1 aromatic heterocycles. The molecular formula is C15H14N2S. The summed E-state index contributed by atoms with van der Waals surface area (Å²) >= 11 is 1.83. The first-order valence-corrected chi connectivity index (χ1v) is 7.21. The number of hydrogen-bond donors (Lipinski definition) is 0. The molecule has 2 nitrogen and oxygen atoms in total. The maximum Gasteiger partial charge on any atom is 0.0999 e. The van der Waals surface area contributed by atoms with Gasteiger partial charge >= 0.3 is 0 Å². The van der Waals surface area contributed by atoms with Crippen molar-refractivity contribution in [2.24, 2.45) is 0 Å². The summed E-state index contributed by atoms with van der Waals surface area (Å²) in [6.45, 7) is 0. The van der Waals surface area contributed by atoms with E-state index in [1.807, 2.05) is 42.1 Å². The van der Waals surface area contributed by atoms with Gasteiger partial charge in [-0.05, 0) is 25.0 Å². The second-order valence-electron chi connectivity index (χ2n) is 4.66. The lowest BCUT2D eigenvalue weighted by atomic mass is 10.1. The molecule has 0 radical (unpaired) electrons. The van der Waals surface area contributed by atoms with Crippen LogP contribution in [0.5, 0.6) is 0 Å². The number of pyridine rings is 1. The normalized spacial score (nSPS) is 15.9. The van der Waals surface area contributed by atoms with Crippen LogP contribution in [0.4, 0.5) is 0 Å². The molecule has 1 heterocycles. The highest BCUT2D eigenvalue weighted by Gasteiger charge is 2.17. The predicted molar refractivity (Wildman–Crippen MR) is 74.6 cm³/mol. The van der Waals surface area contributed by atoms with Crippen LogP contribution in [0.1, 0.15) is 31.2 Å². The summed E-state index contributed by atoms with van der Waals surface area (Å²) < 4.78 is 0. The average molecular weight is 254 g/mol. The number of fused-ring (bicyclic) bond motifs is 1. The summed E-state index contributed by atoms with van der Waals surface area (Å²) in [7, 11) is 0. The molecule has 3 rings (SSSR count). The molecule has 1 aromatic carbocycles. The molecule has 1 aliphatic carbocycles. The number of thioether (sulfide) groups is 1. The second-order valence-corrected chi connectivity index (χ2v) is 5.98. The summed E-state index contributed by atoms with van der Waals surface area (Å²) in [6, 6.07) is 12.1. The van der Waals surface area contributed by atoms with E-state index in [2.05, 4.69) is 11.1 Å². The van der Waals surface area contributed by atoms with Gasteiger partial charge in [-0.1, -0.05) is 31.0 Å². The molecule has 0 saturated heterocycles. The van der Waals surface area contributed by atoms with Crippen molar-refractivity contribution in [2.75, 3.05) is 0 Å². The maximum absolute atomic E-state index is 9.23. The first-order valence-electron chi connectivity index (χ1n) is 6.33. The van der Waals surface area contributed by atoms with Gasteiger partial charge in [0.2, 0.25) is 0 Å². The summed E-state index contributed by atoms with van der Waals surface area (Å²) in [5.74, 6) is 0. The highest BCUT2D eigenvalue weighted by Crippen LogP contribution is 2.35. The van der Waals surface area contributed by atoms with Crippen LogP contribution in [0.2, 0.25) is 0 Å². The largest absolute Gasteiger partial charge is 0.241 e. The second kappa shape index (κ2) is 4.99. The third-order valence-corrected chi connectivity index (χ3v) is 4.66. The first kappa shape index (κ1) is 11.6. The molecule has 1 fully saturated rings. The number of nitrogens with zero attached hydrogens (tertiary/aromatic N) is 2. The Labute approximate surface area is 111 Å². The van der Waals surface area contributed by atoms with Crippen molar-refractivity contribution in [3.05, 3.63) is 35.9 Å². The minimum Gasteiger partial charge on any atom is -0.241 e. The number of benzene rings is 1. The lowest BCUT2D eigenvalue weighted by Gasteiger charge is -2.09. The Bertz CT molecular complexity index is 609. The molecule has 1 aliphatic rings. The molecule has 0 aliphatic heterocycles. The third-order valence-electron chi connectivity index (χ3n) is 3.40. The van der Waals surface area contributed by atoms with Crippen LogP contribution in [0.3, 0.4) is 0 Å². The van der Waals surface area contributed by atoms with Gasteiger partial charge in [0.1, 0.15) is 0 Å². The Kier molecular flexibility index (Phi) is 3.21. The smallest absolute Gasteiger partial charge is 0.0999 e. The van der Waals surface area contributed by atoms with Crippen LogP contribution in [-0.4, -0.2) is 10.2 Å². The van der Waals surface area contributed by atoms with E-state index in [1.54, 1.807) is 0 Å².